The molecule has 0 saturated heterocycles. The summed E-state index contributed by atoms with van der Waals surface area (Å²) in [6.45, 7) is 8.95. The predicted octanol–water partition coefficient (Wildman–Crippen LogP) is 8.95. The van der Waals surface area contributed by atoms with Crippen LogP contribution in [0.2, 0.25) is 0 Å². The molecule has 0 rings (SSSR count). The van der Waals surface area contributed by atoms with Crippen molar-refractivity contribution in [3.63, 3.8) is 0 Å². The van der Waals surface area contributed by atoms with Crippen molar-refractivity contribution in [1.29, 1.82) is 0 Å². The van der Waals surface area contributed by atoms with Gasteiger partial charge in [0.2, 0.25) is 0 Å². The summed E-state index contributed by atoms with van der Waals surface area (Å²) in [5, 5.41) is 0. The number of hydrogen-bond acceptors (Lipinski definition) is 2. The second-order valence-electron chi connectivity index (χ2n) is 9.15. The second-order valence-corrected chi connectivity index (χ2v) is 14.8. The average Bonchev–Trinajstić information content (AvgIpc) is 2.71. The van der Waals surface area contributed by atoms with Crippen molar-refractivity contribution in [3.8, 4) is 0 Å². The van der Waals surface area contributed by atoms with E-state index in [0.717, 1.165) is 6.42 Å². The summed E-state index contributed by atoms with van der Waals surface area (Å²) in [6.07, 6.45) is 22.5. The van der Waals surface area contributed by atoms with Crippen molar-refractivity contribution in [1.82, 2.24) is 0 Å². The third-order valence-electron chi connectivity index (χ3n) is 6.40. The molecule has 0 fully saturated rings. The summed E-state index contributed by atoms with van der Waals surface area (Å²) >= 11 is 0. The monoisotopic (exact) mass is 416 g/mol. The summed E-state index contributed by atoms with van der Waals surface area (Å²) < 4.78 is 6.75. The predicted molar refractivity (Wildman–Crippen MR) is 130 cm³/mol. The van der Waals surface area contributed by atoms with Gasteiger partial charge in [-0.3, -0.25) is 0 Å². The average molecular weight is 417 g/mol. The zero-order chi connectivity index (χ0) is 21.2. The molecule has 0 aromatic carbocycles. The Morgan fingerprint density at radius 3 is 1.29 bits per heavy atom. The molecule has 0 amide bonds. The van der Waals surface area contributed by atoms with E-state index in [0.29, 0.717) is 6.42 Å². The van der Waals surface area contributed by atoms with Crippen molar-refractivity contribution >= 4 is 12.8 Å². The molecule has 2 nitrogen and oxygen atoms in total. The maximum absolute atomic E-state index is 13.0. The van der Waals surface area contributed by atoms with Crippen LogP contribution in [0.15, 0.2) is 0 Å². The first-order chi connectivity index (χ1) is 13.5. The first kappa shape index (κ1) is 27.9. The molecular weight excluding hydrogens is 363 g/mol. The van der Waals surface area contributed by atoms with Gasteiger partial charge in [-0.2, -0.15) is 0 Å². The molecular formula is C25H53O2P. The van der Waals surface area contributed by atoms with Crippen LogP contribution in [0.25, 0.3) is 0 Å². The Hall–Kier alpha value is -0.100. The Morgan fingerprint density at radius 2 is 0.893 bits per heavy atom. The van der Waals surface area contributed by atoms with Gasteiger partial charge in [-0.05, 0) is 0 Å². The van der Waals surface area contributed by atoms with E-state index in [1.165, 1.54) is 108 Å². The molecule has 0 aromatic rings. The van der Waals surface area contributed by atoms with Crippen molar-refractivity contribution < 1.29 is 9.32 Å². The van der Waals surface area contributed by atoms with Gasteiger partial charge >= 0.3 is 178 Å². The molecule has 170 valence electrons. The molecule has 0 N–H and O–H groups in total. The van der Waals surface area contributed by atoms with Crippen LogP contribution >= 0.6 is 6.83 Å². The molecule has 0 heterocycles. The van der Waals surface area contributed by atoms with Crippen LogP contribution in [0, 0.1) is 0 Å². The third kappa shape index (κ3) is 11.2. The maximum atomic E-state index is 13.0. The van der Waals surface area contributed by atoms with Gasteiger partial charge in [0, 0.05) is 0 Å². The van der Waals surface area contributed by atoms with Gasteiger partial charge in [0.25, 0.3) is 0 Å². The number of unbranched alkanes of at least 4 members (excludes halogenated alkanes) is 9. The fraction of sp³-hybridized carbons (Fsp3) is 0.960. The molecule has 0 atom stereocenters. The summed E-state index contributed by atoms with van der Waals surface area (Å²) in [4.78, 5) is 13.0. The van der Waals surface area contributed by atoms with Crippen LogP contribution in [0.3, 0.4) is 0 Å². The molecule has 0 radical (unpaired) electrons. The van der Waals surface area contributed by atoms with Gasteiger partial charge < -0.3 is 0 Å². The molecule has 0 aliphatic heterocycles. The zero-order valence-electron chi connectivity index (χ0n) is 20.2. The standard InChI is InChI=1S/C25H53O2P/c1-6-11-16-17-18-19-20-25(26)27-28(21-12-7-2,22-13-8-3,23-14-9-4)24-15-10-5/h6-24H2,1-5H3. The summed E-state index contributed by atoms with van der Waals surface area (Å²) in [6, 6.07) is 0. The quantitative estimate of drug-likeness (QED) is 0.146. The molecule has 0 unspecified atom stereocenters. The fourth-order valence-corrected chi connectivity index (χ4v) is 11.3. The Bertz CT molecular complexity index is 337. The van der Waals surface area contributed by atoms with Crippen molar-refractivity contribution in [3.05, 3.63) is 0 Å². The Morgan fingerprint density at radius 1 is 0.536 bits per heavy atom. The van der Waals surface area contributed by atoms with Crippen molar-refractivity contribution in [2.75, 3.05) is 24.6 Å². The van der Waals surface area contributed by atoms with Gasteiger partial charge in [-0.25, -0.2) is 0 Å². The molecule has 0 aliphatic rings. The summed E-state index contributed by atoms with van der Waals surface area (Å²) in [7, 11) is 0. The van der Waals surface area contributed by atoms with E-state index in [1.807, 2.05) is 0 Å². The first-order valence-corrected chi connectivity index (χ1v) is 15.6. The molecule has 0 saturated carbocycles. The van der Waals surface area contributed by atoms with Gasteiger partial charge in [-0.1, -0.05) is 0 Å². The Balaban J connectivity index is 5.23. The van der Waals surface area contributed by atoms with E-state index < -0.39 is 6.83 Å². The molecule has 0 aliphatic carbocycles. The van der Waals surface area contributed by atoms with Gasteiger partial charge in [0.15, 0.2) is 0 Å². The van der Waals surface area contributed by atoms with E-state index in [1.54, 1.807) is 0 Å². The van der Waals surface area contributed by atoms with Crippen LogP contribution < -0.4 is 0 Å². The van der Waals surface area contributed by atoms with Gasteiger partial charge in [-0.15, -0.1) is 0 Å². The van der Waals surface area contributed by atoms with E-state index in [2.05, 4.69) is 34.6 Å². The van der Waals surface area contributed by atoms with Crippen molar-refractivity contribution in [2.24, 2.45) is 0 Å². The van der Waals surface area contributed by atoms with E-state index >= 15 is 0 Å². The van der Waals surface area contributed by atoms with Crippen LogP contribution in [-0.2, 0) is 9.32 Å². The van der Waals surface area contributed by atoms with Crippen LogP contribution in [0.5, 0.6) is 0 Å². The van der Waals surface area contributed by atoms with Crippen LogP contribution in [0.1, 0.15) is 131 Å². The molecule has 28 heavy (non-hydrogen) atoms. The molecule has 0 aromatic heterocycles. The number of carbonyl (C=O) groups excluding carboxylic acids is 1. The minimum atomic E-state index is -2.42. The topological polar surface area (TPSA) is 26.3 Å². The molecule has 0 bridgehead atoms. The Kier molecular flexibility index (Phi) is 16.6. The first-order valence-electron chi connectivity index (χ1n) is 12.7. The zero-order valence-corrected chi connectivity index (χ0v) is 21.1. The van der Waals surface area contributed by atoms with Crippen LogP contribution in [-0.4, -0.2) is 30.6 Å². The minimum absolute atomic E-state index is 0.132. The second kappa shape index (κ2) is 16.7. The normalized spacial score (nSPS) is 13.2. The van der Waals surface area contributed by atoms with Gasteiger partial charge in [0.05, 0.1) is 0 Å². The molecule has 3 heteroatoms. The SMILES string of the molecule is CCCCCCCCC(=O)OP(CCCC)(CCCC)(CCCC)CCCC. The van der Waals surface area contributed by atoms with Crippen LogP contribution in [0.4, 0.5) is 0 Å². The van der Waals surface area contributed by atoms with E-state index in [-0.39, 0.29) is 5.97 Å². The van der Waals surface area contributed by atoms with E-state index in [4.69, 9.17) is 4.52 Å². The summed E-state index contributed by atoms with van der Waals surface area (Å²) in [5.74, 6) is 0.132. The van der Waals surface area contributed by atoms with E-state index in [9.17, 15) is 4.79 Å². The molecule has 0 spiro atoms. The number of carbonyl (C=O) groups is 1. The third-order valence-corrected chi connectivity index (χ3v) is 12.9. The fourth-order valence-electron chi connectivity index (χ4n) is 4.47. The Labute approximate surface area is 178 Å². The number of hydrogen-bond donors (Lipinski definition) is 0. The number of rotatable bonds is 20. The summed E-state index contributed by atoms with van der Waals surface area (Å²) in [5.41, 5.74) is 0. The van der Waals surface area contributed by atoms with Crippen molar-refractivity contribution in [2.45, 2.75) is 131 Å². The van der Waals surface area contributed by atoms with Gasteiger partial charge in [0.1, 0.15) is 0 Å².